The van der Waals surface area contributed by atoms with Gasteiger partial charge in [-0.3, -0.25) is 0 Å². The van der Waals surface area contributed by atoms with Crippen LogP contribution < -0.4 is 10.2 Å². The summed E-state index contributed by atoms with van der Waals surface area (Å²) >= 11 is 2.96. The highest BCUT2D eigenvalue weighted by molar-refractivity contribution is 9.10. The number of halogens is 1. The van der Waals surface area contributed by atoms with Crippen molar-refractivity contribution in [3.8, 4) is 0 Å². The van der Waals surface area contributed by atoms with Crippen molar-refractivity contribution in [3.63, 3.8) is 0 Å². The first-order valence-corrected chi connectivity index (χ1v) is 3.33. The Labute approximate surface area is 65.8 Å². The molecule has 0 amide bonds. The lowest BCUT2D eigenvalue weighted by atomic mass is 10.8. The van der Waals surface area contributed by atoms with E-state index in [0.717, 1.165) is 0 Å². The van der Waals surface area contributed by atoms with Crippen molar-refractivity contribution < 1.29 is 4.85 Å². The summed E-state index contributed by atoms with van der Waals surface area (Å²) in [6.45, 7) is 0. The highest BCUT2D eigenvalue weighted by atomic mass is 79.9. The van der Waals surface area contributed by atoms with E-state index >= 15 is 0 Å². The molecule has 54 valence electrons. The SMILES string of the molecule is CNc1ncc(Br)[n+]([O-])n1. The molecular formula is C4H5BrN4O. The van der Waals surface area contributed by atoms with Gasteiger partial charge in [-0.15, -0.1) is 0 Å². The molecule has 1 rings (SSSR count). The van der Waals surface area contributed by atoms with E-state index in [9.17, 15) is 5.21 Å². The van der Waals surface area contributed by atoms with Crippen LogP contribution in [0.5, 0.6) is 0 Å². The molecule has 0 aliphatic rings. The number of hydrogen-bond donors (Lipinski definition) is 1. The van der Waals surface area contributed by atoms with Crippen molar-refractivity contribution in [3.05, 3.63) is 16.0 Å². The van der Waals surface area contributed by atoms with E-state index in [1.165, 1.54) is 6.20 Å². The first-order valence-electron chi connectivity index (χ1n) is 2.54. The van der Waals surface area contributed by atoms with Crippen molar-refractivity contribution in [2.75, 3.05) is 12.4 Å². The molecule has 0 radical (unpaired) electrons. The maximum absolute atomic E-state index is 10.7. The Kier molecular flexibility index (Phi) is 2.00. The van der Waals surface area contributed by atoms with Crippen LogP contribution in [0.25, 0.3) is 0 Å². The molecule has 5 nitrogen and oxygen atoms in total. The van der Waals surface area contributed by atoms with E-state index in [1.54, 1.807) is 7.05 Å². The smallest absolute Gasteiger partial charge is 0.304 e. The molecule has 0 atom stereocenters. The minimum Gasteiger partial charge on any atom is -0.593 e. The molecule has 0 unspecified atom stereocenters. The van der Waals surface area contributed by atoms with E-state index < -0.39 is 0 Å². The minimum absolute atomic E-state index is 0.298. The highest BCUT2D eigenvalue weighted by Gasteiger charge is 2.03. The van der Waals surface area contributed by atoms with Crippen LogP contribution in [0.2, 0.25) is 0 Å². The number of aromatic nitrogens is 3. The molecule has 1 aromatic rings. The molecule has 0 aliphatic carbocycles. The van der Waals surface area contributed by atoms with Gasteiger partial charge in [-0.2, -0.15) is 0 Å². The maximum Gasteiger partial charge on any atom is 0.304 e. The quantitative estimate of drug-likeness (QED) is 0.514. The fourth-order valence-corrected chi connectivity index (χ4v) is 0.620. The van der Waals surface area contributed by atoms with Gasteiger partial charge in [0, 0.05) is 23.0 Å². The van der Waals surface area contributed by atoms with Crippen molar-refractivity contribution in [1.29, 1.82) is 0 Å². The van der Waals surface area contributed by atoms with E-state index in [-0.39, 0.29) is 0 Å². The molecular weight excluding hydrogens is 200 g/mol. The maximum atomic E-state index is 10.7. The minimum atomic E-state index is 0.298. The standard InChI is InChI=1S/C4H5BrN4O/c1-6-4-7-2-3(5)9(10)8-4/h2H,1H3,(H,6,7,8). The van der Waals surface area contributed by atoms with Crippen molar-refractivity contribution >= 4 is 21.9 Å². The number of hydrogen-bond acceptors (Lipinski definition) is 4. The first-order chi connectivity index (χ1) is 4.74. The van der Waals surface area contributed by atoms with E-state index in [1.807, 2.05) is 0 Å². The summed E-state index contributed by atoms with van der Waals surface area (Å²) in [5.41, 5.74) is 0. The molecule has 0 bridgehead atoms. The third-order valence-electron chi connectivity index (χ3n) is 0.885. The van der Waals surface area contributed by atoms with Crippen molar-refractivity contribution in [1.82, 2.24) is 10.1 Å². The second-order valence-corrected chi connectivity index (χ2v) is 2.34. The van der Waals surface area contributed by atoms with Crippen LogP contribution in [-0.4, -0.2) is 17.1 Å². The largest absolute Gasteiger partial charge is 0.593 e. The molecule has 1 N–H and O–H groups in total. The summed E-state index contributed by atoms with van der Waals surface area (Å²) in [7, 11) is 1.64. The predicted molar refractivity (Wildman–Crippen MR) is 38.2 cm³/mol. The van der Waals surface area contributed by atoms with Gasteiger partial charge in [0.05, 0.1) is 5.10 Å². The third kappa shape index (κ3) is 1.32. The fraction of sp³-hybridized carbons (Fsp3) is 0.250. The first kappa shape index (κ1) is 7.20. The van der Waals surface area contributed by atoms with Crippen LogP contribution in [0, 0.1) is 5.21 Å². The lowest BCUT2D eigenvalue weighted by molar-refractivity contribution is -0.679. The van der Waals surface area contributed by atoms with Gasteiger partial charge < -0.3 is 10.5 Å². The Balaban J connectivity index is 3.04. The summed E-state index contributed by atoms with van der Waals surface area (Å²) in [5, 5.41) is 16.8. The van der Waals surface area contributed by atoms with Gasteiger partial charge in [0.1, 0.15) is 6.20 Å². The molecule has 10 heavy (non-hydrogen) atoms. The zero-order valence-corrected chi connectivity index (χ0v) is 6.79. The van der Waals surface area contributed by atoms with Crippen LogP contribution in [0.1, 0.15) is 0 Å². The van der Waals surface area contributed by atoms with Crippen molar-refractivity contribution in [2.45, 2.75) is 0 Å². The Morgan fingerprint density at radius 3 is 3.00 bits per heavy atom. The van der Waals surface area contributed by atoms with Crippen LogP contribution in [-0.2, 0) is 0 Å². The fourth-order valence-electron chi connectivity index (χ4n) is 0.438. The average Bonchev–Trinajstić information content (AvgIpc) is 1.95. The molecule has 0 saturated carbocycles. The van der Waals surface area contributed by atoms with Crippen molar-refractivity contribution in [2.24, 2.45) is 0 Å². The van der Waals surface area contributed by atoms with Crippen LogP contribution in [0.15, 0.2) is 10.8 Å². The zero-order chi connectivity index (χ0) is 7.56. The summed E-state index contributed by atoms with van der Waals surface area (Å²) in [5.74, 6) is 0.304. The Bertz CT molecular complexity index is 241. The average molecular weight is 205 g/mol. The Hall–Kier alpha value is -0.910. The van der Waals surface area contributed by atoms with Gasteiger partial charge in [-0.1, -0.05) is 0 Å². The monoisotopic (exact) mass is 204 g/mol. The second kappa shape index (κ2) is 2.78. The number of anilines is 1. The topological polar surface area (TPSA) is 64.8 Å². The zero-order valence-electron chi connectivity index (χ0n) is 5.21. The van der Waals surface area contributed by atoms with E-state index in [0.29, 0.717) is 15.4 Å². The molecule has 0 saturated heterocycles. The van der Waals surface area contributed by atoms with Gasteiger partial charge >= 0.3 is 4.60 Å². The molecule has 0 spiro atoms. The number of nitrogens with one attached hydrogen (secondary N) is 1. The number of rotatable bonds is 1. The molecule has 6 heteroatoms. The normalized spacial score (nSPS) is 9.40. The van der Waals surface area contributed by atoms with Crippen LogP contribution >= 0.6 is 15.9 Å². The molecule has 0 aromatic carbocycles. The molecule has 1 aromatic heterocycles. The molecule has 0 aliphatic heterocycles. The van der Waals surface area contributed by atoms with E-state index in [2.05, 4.69) is 31.3 Å². The summed E-state index contributed by atoms with van der Waals surface area (Å²) in [6.07, 6.45) is 1.38. The molecule has 1 heterocycles. The predicted octanol–water partition coefficient (Wildman–Crippen LogP) is -0.0858. The van der Waals surface area contributed by atoms with Gasteiger partial charge in [-0.05, 0) is 4.85 Å². The Morgan fingerprint density at radius 2 is 2.50 bits per heavy atom. The number of nitrogens with zero attached hydrogens (tertiary/aromatic N) is 3. The van der Waals surface area contributed by atoms with E-state index in [4.69, 9.17) is 0 Å². The Morgan fingerprint density at radius 1 is 1.80 bits per heavy atom. The second-order valence-electron chi connectivity index (χ2n) is 1.53. The van der Waals surface area contributed by atoms with Gasteiger partial charge in [0.15, 0.2) is 0 Å². The van der Waals surface area contributed by atoms with Gasteiger partial charge in [0.2, 0.25) is 0 Å². The van der Waals surface area contributed by atoms with Crippen LogP contribution in [0.4, 0.5) is 5.95 Å². The highest BCUT2D eigenvalue weighted by Crippen LogP contribution is 1.99. The van der Waals surface area contributed by atoms with Gasteiger partial charge in [0.25, 0.3) is 5.95 Å². The lowest BCUT2D eigenvalue weighted by Gasteiger charge is -1.96. The van der Waals surface area contributed by atoms with Crippen LogP contribution in [0.3, 0.4) is 0 Å². The summed E-state index contributed by atoms with van der Waals surface area (Å²) in [4.78, 5) is 4.21. The third-order valence-corrected chi connectivity index (χ3v) is 1.39. The van der Waals surface area contributed by atoms with Gasteiger partial charge in [-0.25, -0.2) is 4.98 Å². The summed E-state index contributed by atoms with van der Waals surface area (Å²) < 4.78 is 0.298. The summed E-state index contributed by atoms with van der Waals surface area (Å²) in [6, 6.07) is 0. The lowest BCUT2D eigenvalue weighted by Crippen LogP contribution is -2.33. The molecule has 0 fully saturated rings.